The zero-order valence-electron chi connectivity index (χ0n) is 15.2. The van der Waals surface area contributed by atoms with Crippen molar-refractivity contribution in [3.05, 3.63) is 0 Å². The van der Waals surface area contributed by atoms with Crippen molar-refractivity contribution in [3.8, 4) is 0 Å². The topological polar surface area (TPSA) is 101 Å². The molecule has 1 amide bonds. The summed E-state index contributed by atoms with van der Waals surface area (Å²) in [5.41, 5.74) is 0. The van der Waals surface area contributed by atoms with E-state index in [4.69, 9.17) is 23.7 Å². The molecule has 0 aromatic heterocycles. The number of nitrogens with zero attached hydrogens (tertiary/aromatic N) is 1. The summed E-state index contributed by atoms with van der Waals surface area (Å²) in [6.45, 7) is 4.63. The van der Waals surface area contributed by atoms with Crippen molar-refractivity contribution >= 4 is 18.0 Å². The number of carbonyl (C=O) groups is 3. The van der Waals surface area contributed by atoms with Crippen LogP contribution >= 0.6 is 0 Å². The van der Waals surface area contributed by atoms with Gasteiger partial charge < -0.3 is 23.7 Å². The number of rotatable bonds is 8. The molecule has 0 saturated carbocycles. The molecular weight excluding hydrogens is 334 g/mol. The van der Waals surface area contributed by atoms with Gasteiger partial charge in [-0.1, -0.05) is 0 Å². The first-order chi connectivity index (χ1) is 11.9. The van der Waals surface area contributed by atoms with Crippen LogP contribution in [0.15, 0.2) is 0 Å². The van der Waals surface area contributed by atoms with Crippen molar-refractivity contribution in [1.82, 2.24) is 4.90 Å². The molecule has 0 N–H and O–H groups in total. The summed E-state index contributed by atoms with van der Waals surface area (Å²) < 4.78 is 25.8. The van der Waals surface area contributed by atoms with Crippen LogP contribution in [0.2, 0.25) is 0 Å². The molecule has 9 heteroatoms. The van der Waals surface area contributed by atoms with E-state index in [1.54, 1.807) is 6.92 Å². The minimum Gasteiger partial charge on any atom is -0.464 e. The van der Waals surface area contributed by atoms with Gasteiger partial charge in [0.15, 0.2) is 0 Å². The quantitative estimate of drug-likeness (QED) is 0.360. The fraction of sp³-hybridized carbons (Fsp3) is 0.812. The van der Waals surface area contributed by atoms with E-state index in [0.29, 0.717) is 12.8 Å². The molecule has 1 saturated heterocycles. The number of carbonyl (C=O) groups excluding carboxylic acids is 3. The molecule has 1 rings (SSSR count). The van der Waals surface area contributed by atoms with Crippen LogP contribution in [0.3, 0.4) is 0 Å². The van der Waals surface area contributed by atoms with Gasteiger partial charge in [0.05, 0.1) is 24.8 Å². The molecule has 1 aliphatic rings. The molecule has 25 heavy (non-hydrogen) atoms. The number of methoxy groups -OCH3 is 1. The van der Waals surface area contributed by atoms with Gasteiger partial charge in [-0.2, -0.15) is 0 Å². The second kappa shape index (κ2) is 10.9. The first-order valence-corrected chi connectivity index (χ1v) is 8.21. The van der Waals surface area contributed by atoms with Crippen LogP contribution in [-0.4, -0.2) is 74.8 Å². The maximum absolute atomic E-state index is 12.4. The third kappa shape index (κ3) is 7.27. The second-order valence-electron chi connectivity index (χ2n) is 5.69. The van der Waals surface area contributed by atoms with Crippen molar-refractivity contribution in [2.75, 3.05) is 33.7 Å². The van der Waals surface area contributed by atoms with Crippen molar-refractivity contribution in [3.63, 3.8) is 0 Å². The zero-order valence-corrected chi connectivity index (χ0v) is 15.2. The van der Waals surface area contributed by atoms with Gasteiger partial charge >= 0.3 is 18.0 Å². The van der Waals surface area contributed by atoms with Gasteiger partial charge in [-0.15, -0.1) is 0 Å². The van der Waals surface area contributed by atoms with E-state index >= 15 is 0 Å². The Kier molecular flexibility index (Phi) is 9.22. The highest BCUT2D eigenvalue weighted by molar-refractivity contribution is 5.69. The van der Waals surface area contributed by atoms with Gasteiger partial charge in [0.25, 0.3) is 0 Å². The molecule has 0 aliphatic carbocycles. The van der Waals surface area contributed by atoms with Crippen LogP contribution in [0.5, 0.6) is 0 Å². The minimum absolute atomic E-state index is 0.0115. The maximum atomic E-state index is 12.4. The minimum atomic E-state index is -0.540. The van der Waals surface area contributed by atoms with Crippen molar-refractivity contribution in [2.45, 2.75) is 51.8 Å². The van der Waals surface area contributed by atoms with E-state index in [9.17, 15) is 14.4 Å². The molecule has 0 bridgehead atoms. The summed E-state index contributed by atoms with van der Waals surface area (Å²) in [6.07, 6.45) is 0.131. The van der Waals surface area contributed by atoms with Crippen molar-refractivity contribution in [1.29, 1.82) is 0 Å². The Morgan fingerprint density at radius 2 is 1.48 bits per heavy atom. The lowest BCUT2D eigenvalue weighted by Gasteiger charge is -2.43. The number of likely N-dealkylation sites (tertiary alicyclic amines) is 1. The highest BCUT2D eigenvalue weighted by Crippen LogP contribution is 2.27. The normalized spacial score (nSPS) is 23.0. The lowest BCUT2D eigenvalue weighted by atomic mass is 9.94. The van der Waals surface area contributed by atoms with E-state index in [-0.39, 0.29) is 32.7 Å². The Balaban J connectivity index is 2.94. The maximum Gasteiger partial charge on any atom is 0.410 e. The summed E-state index contributed by atoms with van der Waals surface area (Å²) >= 11 is 0. The highest BCUT2D eigenvalue weighted by atomic mass is 16.7. The van der Waals surface area contributed by atoms with Gasteiger partial charge in [-0.3, -0.25) is 14.5 Å². The van der Waals surface area contributed by atoms with Gasteiger partial charge in [0.2, 0.25) is 0 Å². The smallest absolute Gasteiger partial charge is 0.410 e. The monoisotopic (exact) mass is 361 g/mol. The molecule has 144 valence electrons. The standard InChI is InChI=1S/C16H27NO8/c1-5-22-16(20)17-13(8-23-11(2)18)6-15(25-10-21-4)7-14(17)9-24-12(3)19/h13-15H,5-10H2,1-4H3/t13-,14+,15?. The highest BCUT2D eigenvalue weighted by Gasteiger charge is 2.41. The Morgan fingerprint density at radius 1 is 0.960 bits per heavy atom. The predicted molar refractivity (Wildman–Crippen MR) is 85.7 cm³/mol. The molecule has 1 heterocycles. The molecule has 0 spiro atoms. The number of amides is 1. The lowest BCUT2D eigenvalue weighted by molar-refractivity contribution is -0.151. The number of ether oxygens (including phenoxy) is 5. The zero-order chi connectivity index (χ0) is 18.8. The average molecular weight is 361 g/mol. The summed E-state index contributed by atoms with van der Waals surface area (Å²) in [6, 6.07) is -0.891. The second-order valence-corrected chi connectivity index (χ2v) is 5.69. The van der Waals surface area contributed by atoms with Crippen LogP contribution in [-0.2, 0) is 33.3 Å². The van der Waals surface area contributed by atoms with Crippen LogP contribution in [0.1, 0.15) is 33.6 Å². The SMILES string of the molecule is CCOC(=O)N1[C@H](COC(C)=O)CC(OCOC)C[C@@H]1COC(C)=O. The van der Waals surface area contributed by atoms with Crippen molar-refractivity contribution < 1.29 is 38.1 Å². The van der Waals surface area contributed by atoms with Gasteiger partial charge in [-0.05, 0) is 19.8 Å². The fourth-order valence-electron chi connectivity index (χ4n) is 2.75. The van der Waals surface area contributed by atoms with Gasteiger partial charge in [0.1, 0.15) is 20.0 Å². The molecule has 0 aromatic carbocycles. The largest absolute Gasteiger partial charge is 0.464 e. The Hall–Kier alpha value is -1.87. The summed E-state index contributed by atoms with van der Waals surface area (Å²) in [4.78, 5) is 36.2. The van der Waals surface area contributed by atoms with E-state index in [2.05, 4.69) is 0 Å². The lowest BCUT2D eigenvalue weighted by Crippen LogP contribution is -2.57. The molecule has 1 aliphatic heterocycles. The summed E-state index contributed by atoms with van der Waals surface area (Å²) in [5, 5.41) is 0. The molecule has 1 fully saturated rings. The Morgan fingerprint density at radius 3 is 1.88 bits per heavy atom. The number of esters is 2. The van der Waals surface area contributed by atoms with Crippen LogP contribution in [0, 0.1) is 0 Å². The van der Waals surface area contributed by atoms with Gasteiger partial charge in [0, 0.05) is 21.0 Å². The summed E-state index contributed by atoms with van der Waals surface area (Å²) in [5.74, 6) is -0.888. The average Bonchev–Trinajstić information content (AvgIpc) is 2.55. The van der Waals surface area contributed by atoms with Crippen LogP contribution < -0.4 is 0 Å². The van der Waals surface area contributed by atoms with E-state index in [1.807, 2.05) is 0 Å². The van der Waals surface area contributed by atoms with E-state index < -0.39 is 30.1 Å². The number of hydrogen-bond donors (Lipinski definition) is 0. The molecular formula is C16H27NO8. The van der Waals surface area contributed by atoms with Crippen molar-refractivity contribution in [2.24, 2.45) is 0 Å². The first-order valence-electron chi connectivity index (χ1n) is 8.21. The number of piperidine rings is 1. The first kappa shape index (κ1) is 21.2. The van der Waals surface area contributed by atoms with E-state index in [0.717, 1.165) is 0 Å². The molecule has 1 unspecified atom stereocenters. The molecule has 0 radical (unpaired) electrons. The Labute approximate surface area is 147 Å². The molecule has 0 aromatic rings. The fourth-order valence-corrected chi connectivity index (χ4v) is 2.75. The third-order valence-corrected chi connectivity index (χ3v) is 3.71. The Bertz CT molecular complexity index is 427. The van der Waals surface area contributed by atoms with E-state index in [1.165, 1.54) is 25.9 Å². The molecule has 3 atom stereocenters. The third-order valence-electron chi connectivity index (χ3n) is 3.71. The predicted octanol–water partition coefficient (Wildman–Crippen LogP) is 1.09. The summed E-state index contributed by atoms with van der Waals surface area (Å²) in [7, 11) is 1.51. The number of hydrogen-bond acceptors (Lipinski definition) is 8. The van der Waals surface area contributed by atoms with Gasteiger partial charge in [-0.25, -0.2) is 4.79 Å². The molecule has 9 nitrogen and oxygen atoms in total. The van der Waals surface area contributed by atoms with Crippen LogP contribution in [0.4, 0.5) is 4.79 Å². The van der Waals surface area contributed by atoms with Crippen LogP contribution in [0.25, 0.3) is 0 Å².